The molecule has 0 bridgehead atoms. The molecule has 0 spiro atoms. The number of nitrogens with one attached hydrogen (secondary N) is 2. The summed E-state index contributed by atoms with van der Waals surface area (Å²) in [6.07, 6.45) is 6.04. The maximum Gasteiger partial charge on any atom is 0.208 e. The molecule has 9 heteroatoms. The van der Waals surface area contributed by atoms with Crippen molar-refractivity contribution in [2.24, 2.45) is 0 Å². The molecule has 192 valence electrons. The second-order valence-corrected chi connectivity index (χ2v) is 10.5. The van der Waals surface area contributed by atoms with E-state index in [4.69, 9.17) is 5.41 Å². The molecule has 0 fully saturated rings. The van der Waals surface area contributed by atoms with Crippen LogP contribution in [0.15, 0.2) is 66.3 Å². The molecule has 0 saturated heterocycles. The summed E-state index contributed by atoms with van der Waals surface area (Å²) in [5, 5.41) is 18.1. The number of allylic oxidation sites excluding steroid dienone is 4. The molecule has 3 N–H and O–H groups in total. The summed E-state index contributed by atoms with van der Waals surface area (Å²) in [6.45, 7) is 5.94. The first-order chi connectivity index (χ1) is 17.1. The molecular formula is C27H34N4O4S. The first-order valence-electron chi connectivity index (χ1n) is 11.9. The van der Waals surface area contributed by atoms with Crippen molar-refractivity contribution < 1.29 is 18.3 Å². The van der Waals surface area contributed by atoms with Crippen molar-refractivity contribution in [3.63, 3.8) is 0 Å². The number of anilines is 3. The molecule has 1 aliphatic rings. The highest BCUT2D eigenvalue weighted by atomic mass is 32.2. The average Bonchev–Trinajstić information content (AvgIpc) is 2.83. The number of benzene rings is 2. The highest BCUT2D eigenvalue weighted by molar-refractivity contribution is 7.88. The number of carbonyl (C=O) groups is 1. The molecule has 0 amide bonds. The van der Waals surface area contributed by atoms with E-state index < -0.39 is 10.0 Å². The predicted octanol–water partition coefficient (Wildman–Crippen LogP) is 3.13. The van der Waals surface area contributed by atoms with E-state index in [9.17, 15) is 18.3 Å². The minimum absolute atomic E-state index is 0.0485. The van der Waals surface area contributed by atoms with Gasteiger partial charge in [-0.25, -0.2) is 13.1 Å². The van der Waals surface area contributed by atoms with Gasteiger partial charge in [-0.2, -0.15) is 0 Å². The van der Waals surface area contributed by atoms with Crippen molar-refractivity contribution >= 4 is 38.6 Å². The van der Waals surface area contributed by atoms with Crippen LogP contribution in [0.5, 0.6) is 0 Å². The van der Waals surface area contributed by atoms with Gasteiger partial charge >= 0.3 is 0 Å². The summed E-state index contributed by atoms with van der Waals surface area (Å²) in [5.41, 5.74) is 5.81. The van der Waals surface area contributed by atoms with Gasteiger partial charge in [0.2, 0.25) is 10.0 Å². The zero-order chi connectivity index (χ0) is 26.3. The van der Waals surface area contributed by atoms with E-state index in [-0.39, 0.29) is 12.4 Å². The molecule has 0 radical (unpaired) electrons. The fraction of sp³-hybridized carbons (Fsp3) is 0.333. The Hall–Kier alpha value is -3.27. The molecule has 0 heterocycles. The average molecular weight is 511 g/mol. The van der Waals surface area contributed by atoms with E-state index in [0.717, 1.165) is 41.0 Å². The SMILES string of the molecule is CCN(CCNS(C)(=O)=O)c1ccc(N(CCO)c2cccc(C)c2CC2=CC(=O)C=CC2=N)cc1. The molecule has 8 nitrogen and oxygen atoms in total. The number of carbonyl (C=O) groups excluding carboxylic acids is 1. The lowest BCUT2D eigenvalue weighted by Crippen LogP contribution is -2.34. The number of aliphatic hydroxyl groups excluding tert-OH is 1. The zero-order valence-corrected chi connectivity index (χ0v) is 21.8. The van der Waals surface area contributed by atoms with E-state index >= 15 is 0 Å². The third kappa shape index (κ3) is 7.13. The number of nitrogens with zero attached hydrogens (tertiary/aromatic N) is 2. The zero-order valence-electron chi connectivity index (χ0n) is 21.0. The fourth-order valence-corrected chi connectivity index (χ4v) is 4.71. The molecule has 1 aliphatic carbocycles. The summed E-state index contributed by atoms with van der Waals surface area (Å²) >= 11 is 0. The van der Waals surface area contributed by atoms with Gasteiger partial charge in [-0.05, 0) is 79.1 Å². The Kier molecular flexibility index (Phi) is 9.19. The molecule has 0 atom stereocenters. The fourth-order valence-electron chi connectivity index (χ4n) is 4.24. The van der Waals surface area contributed by atoms with Crippen molar-refractivity contribution in [1.29, 1.82) is 5.41 Å². The van der Waals surface area contributed by atoms with Crippen molar-refractivity contribution in [3.05, 3.63) is 77.4 Å². The Morgan fingerprint density at radius 2 is 1.72 bits per heavy atom. The van der Waals surface area contributed by atoms with Crippen LogP contribution in [0.2, 0.25) is 0 Å². The summed E-state index contributed by atoms with van der Waals surface area (Å²) in [5.74, 6) is -0.119. The van der Waals surface area contributed by atoms with Gasteiger partial charge < -0.3 is 20.3 Å². The highest BCUT2D eigenvalue weighted by Gasteiger charge is 2.19. The molecule has 2 aromatic rings. The third-order valence-electron chi connectivity index (χ3n) is 6.10. The van der Waals surface area contributed by atoms with Crippen molar-refractivity contribution in [1.82, 2.24) is 4.72 Å². The minimum atomic E-state index is -3.24. The van der Waals surface area contributed by atoms with Gasteiger partial charge in [0, 0.05) is 49.7 Å². The lowest BCUT2D eigenvalue weighted by atomic mass is 9.92. The van der Waals surface area contributed by atoms with Gasteiger partial charge in [0.25, 0.3) is 0 Å². The summed E-state index contributed by atoms with van der Waals surface area (Å²) in [6, 6.07) is 13.9. The number of ketones is 1. The molecular weight excluding hydrogens is 476 g/mol. The Bertz CT molecular complexity index is 1270. The standard InChI is InChI=1S/C27H34N4O4S/c1-4-30(15-14-29-36(3,34)35)22-8-10-23(11-9-22)31(16-17-32)27-7-5-6-20(2)25(27)19-21-18-24(33)12-13-26(21)28/h5-13,18,28-29,32H,4,14-17,19H2,1-3H3. The van der Waals surface area contributed by atoms with Crippen LogP contribution in [0, 0.1) is 12.3 Å². The van der Waals surface area contributed by atoms with E-state index in [2.05, 4.69) is 9.62 Å². The maximum atomic E-state index is 11.9. The molecule has 0 saturated carbocycles. The van der Waals surface area contributed by atoms with Crippen LogP contribution in [0.1, 0.15) is 18.1 Å². The minimum Gasteiger partial charge on any atom is -0.395 e. The van der Waals surface area contributed by atoms with Crippen molar-refractivity contribution in [2.75, 3.05) is 48.8 Å². The molecule has 0 unspecified atom stereocenters. The molecule has 36 heavy (non-hydrogen) atoms. The largest absolute Gasteiger partial charge is 0.395 e. The number of likely N-dealkylation sites (N-methyl/N-ethyl adjacent to an activating group) is 1. The third-order valence-corrected chi connectivity index (χ3v) is 6.83. The van der Waals surface area contributed by atoms with Crippen LogP contribution in [-0.2, 0) is 21.2 Å². The molecule has 2 aromatic carbocycles. The lowest BCUT2D eigenvalue weighted by molar-refractivity contribution is -0.110. The Morgan fingerprint density at radius 1 is 1.03 bits per heavy atom. The van der Waals surface area contributed by atoms with Crippen molar-refractivity contribution in [3.8, 4) is 0 Å². The molecule has 3 rings (SSSR count). The van der Waals surface area contributed by atoms with E-state index in [1.807, 2.05) is 61.2 Å². The topological polar surface area (TPSA) is 114 Å². The number of hydrogen-bond donors (Lipinski definition) is 3. The number of rotatable bonds is 12. The van der Waals surface area contributed by atoms with Crippen LogP contribution in [0.3, 0.4) is 0 Å². The van der Waals surface area contributed by atoms with E-state index in [0.29, 0.717) is 37.3 Å². The number of aliphatic hydroxyl groups is 1. The Labute approximate surface area is 213 Å². The van der Waals surface area contributed by atoms with E-state index in [1.54, 1.807) is 0 Å². The second-order valence-electron chi connectivity index (χ2n) is 8.71. The highest BCUT2D eigenvalue weighted by Crippen LogP contribution is 2.33. The normalized spacial score (nSPS) is 13.6. The van der Waals surface area contributed by atoms with Crippen LogP contribution < -0.4 is 14.5 Å². The lowest BCUT2D eigenvalue weighted by Gasteiger charge is -2.29. The van der Waals surface area contributed by atoms with Gasteiger partial charge in [-0.3, -0.25) is 4.79 Å². The van der Waals surface area contributed by atoms with Gasteiger partial charge in [-0.15, -0.1) is 0 Å². The smallest absolute Gasteiger partial charge is 0.208 e. The first kappa shape index (κ1) is 27.3. The van der Waals surface area contributed by atoms with E-state index in [1.165, 1.54) is 18.2 Å². The Balaban J connectivity index is 1.89. The summed E-state index contributed by atoms with van der Waals surface area (Å²) in [7, 11) is -3.24. The van der Waals surface area contributed by atoms with Gasteiger partial charge in [0.15, 0.2) is 5.78 Å². The van der Waals surface area contributed by atoms with Gasteiger partial charge in [-0.1, -0.05) is 12.1 Å². The quantitative estimate of drug-likeness (QED) is 0.378. The van der Waals surface area contributed by atoms with Crippen LogP contribution in [0.25, 0.3) is 0 Å². The summed E-state index contributed by atoms with van der Waals surface area (Å²) in [4.78, 5) is 16.0. The maximum absolute atomic E-state index is 11.9. The molecule has 0 aliphatic heterocycles. The van der Waals surface area contributed by atoms with Gasteiger partial charge in [0.1, 0.15) is 0 Å². The summed E-state index contributed by atoms with van der Waals surface area (Å²) < 4.78 is 25.3. The molecule has 0 aromatic heterocycles. The predicted molar refractivity (Wildman–Crippen MR) is 146 cm³/mol. The number of sulfonamides is 1. The van der Waals surface area contributed by atoms with Crippen molar-refractivity contribution in [2.45, 2.75) is 20.3 Å². The first-order valence-corrected chi connectivity index (χ1v) is 13.8. The van der Waals surface area contributed by atoms with Crippen LogP contribution in [0.4, 0.5) is 17.1 Å². The van der Waals surface area contributed by atoms with Crippen LogP contribution in [-0.4, -0.2) is 64.1 Å². The van der Waals surface area contributed by atoms with Crippen LogP contribution >= 0.6 is 0 Å². The Morgan fingerprint density at radius 3 is 2.36 bits per heavy atom. The van der Waals surface area contributed by atoms with Gasteiger partial charge in [0.05, 0.1) is 18.6 Å². The second kappa shape index (κ2) is 12.1. The monoisotopic (exact) mass is 510 g/mol. The number of aryl methyl sites for hydroxylation is 1. The number of hydrogen-bond acceptors (Lipinski definition) is 7.